The van der Waals surface area contributed by atoms with Gasteiger partial charge >= 0.3 is 5.97 Å². The predicted molar refractivity (Wildman–Crippen MR) is 130 cm³/mol. The van der Waals surface area contributed by atoms with Crippen LogP contribution >= 0.6 is 11.6 Å². The average Bonchev–Trinajstić information content (AvgIpc) is 3.15. The molecule has 1 aliphatic heterocycles. The van der Waals surface area contributed by atoms with E-state index in [2.05, 4.69) is 44.1 Å². The molecule has 0 spiro atoms. The number of aryl methyl sites for hydroxylation is 2. The maximum Gasteiger partial charge on any atom is 0.342 e. The van der Waals surface area contributed by atoms with Gasteiger partial charge in [-0.15, -0.1) is 0 Å². The van der Waals surface area contributed by atoms with Crippen LogP contribution in [0.5, 0.6) is 0 Å². The molecule has 1 fully saturated rings. The topological polar surface area (TPSA) is 83.7 Å². The Bertz CT molecular complexity index is 1120. The number of ether oxygens (including phenoxy) is 1. The molecule has 0 unspecified atom stereocenters. The lowest BCUT2D eigenvalue weighted by molar-refractivity contribution is 0.0526. The summed E-state index contributed by atoms with van der Waals surface area (Å²) in [5.74, 6) is 0.667. The number of rotatable bonds is 8. The Morgan fingerprint density at radius 3 is 2.76 bits per heavy atom. The smallest absolute Gasteiger partial charge is 0.342 e. The number of nitrogens with one attached hydrogen (secondary N) is 1. The van der Waals surface area contributed by atoms with Crippen LogP contribution in [0.2, 0.25) is 5.02 Å². The Balaban J connectivity index is 1.31. The summed E-state index contributed by atoms with van der Waals surface area (Å²) in [5, 5.41) is 4.72. The van der Waals surface area contributed by atoms with Crippen molar-refractivity contribution in [1.29, 1.82) is 0 Å². The molecule has 0 aliphatic carbocycles. The normalized spacial score (nSPS) is 14.6. The minimum absolute atomic E-state index is 0.297. The molecule has 3 aromatic rings. The van der Waals surface area contributed by atoms with E-state index in [1.165, 1.54) is 17.6 Å². The van der Waals surface area contributed by atoms with Crippen LogP contribution in [0.4, 0.5) is 11.5 Å². The van der Waals surface area contributed by atoms with Crippen molar-refractivity contribution in [3.8, 4) is 0 Å². The lowest BCUT2D eigenvalue weighted by Gasteiger charge is -2.37. The number of nitrogens with zero attached hydrogens (tertiary/aromatic N) is 4. The standard InChI is InChI=1S/C24H30ClN5O3/c1-4-32-24(31)20-17(3)33-23-21(20)22(27-15-28-23)26-8-5-9-29-10-12-30(13-11-29)19-14-18(25)7-6-16(19)2/h6-7,14-15H,4-5,8-13H2,1-3H3,(H,26,27,28). The summed E-state index contributed by atoms with van der Waals surface area (Å²) >= 11 is 6.20. The zero-order valence-electron chi connectivity index (χ0n) is 19.4. The largest absolute Gasteiger partial charge is 0.462 e. The van der Waals surface area contributed by atoms with Crippen molar-refractivity contribution < 1.29 is 13.9 Å². The molecule has 0 amide bonds. The van der Waals surface area contributed by atoms with Crippen LogP contribution in [0.15, 0.2) is 28.9 Å². The molecule has 4 rings (SSSR count). The molecule has 9 heteroatoms. The fourth-order valence-corrected chi connectivity index (χ4v) is 4.44. The van der Waals surface area contributed by atoms with Gasteiger partial charge in [-0.2, -0.15) is 0 Å². The summed E-state index contributed by atoms with van der Waals surface area (Å²) < 4.78 is 10.8. The van der Waals surface area contributed by atoms with Gasteiger partial charge in [-0.25, -0.2) is 14.8 Å². The lowest BCUT2D eigenvalue weighted by Crippen LogP contribution is -2.47. The number of hydrogen-bond donors (Lipinski definition) is 1. The first-order chi connectivity index (χ1) is 16.0. The highest BCUT2D eigenvalue weighted by Gasteiger charge is 2.24. The first kappa shape index (κ1) is 23.3. The number of anilines is 2. The van der Waals surface area contributed by atoms with Crippen LogP contribution in [-0.4, -0.2) is 66.7 Å². The minimum atomic E-state index is -0.417. The predicted octanol–water partition coefficient (Wildman–Crippen LogP) is 4.29. The van der Waals surface area contributed by atoms with Crippen molar-refractivity contribution in [3.05, 3.63) is 46.4 Å². The van der Waals surface area contributed by atoms with Crippen molar-refractivity contribution in [2.75, 3.05) is 56.1 Å². The molecule has 0 radical (unpaired) electrons. The first-order valence-corrected chi connectivity index (χ1v) is 11.7. The molecule has 176 valence electrons. The van der Waals surface area contributed by atoms with E-state index in [0.29, 0.717) is 34.8 Å². The Kier molecular flexibility index (Phi) is 7.35. The van der Waals surface area contributed by atoms with Gasteiger partial charge in [0.1, 0.15) is 23.5 Å². The van der Waals surface area contributed by atoms with Crippen LogP contribution in [0.1, 0.15) is 35.0 Å². The Morgan fingerprint density at radius 1 is 1.21 bits per heavy atom. The van der Waals surface area contributed by atoms with Gasteiger partial charge in [0.2, 0.25) is 5.71 Å². The van der Waals surface area contributed by atoms with Crippen molar-refractivity contribution in [3.63, 3.8) is 0 Å². The number of halogens is 1. The van der Waals surface area contributed by atoms with E-state index in [0.717, 1.165) is 50.7 Å². The number of benzene rings is 1. The molecule has 0 saturated carbocycles. The van der Waals surface area contributed by atoms with Crippen molar-refractivity contribution in [2.24, 2.45) is 0 Å². The second kappa shape index (κ2) is 10.4. The van der Waals surface area contributed by atoms with Crippen LogP contribution in [-0.2, 0) is 4.74 Å². The quantitative estimate of drug-likeness (QED) is 0.384. The summed E-state index contributed by atoms with van der Waals surface area (Å²) in [6, 6.07) is 6.07. The molecule has 1 aliphatic rings. The molecule has 33 heavy (non-hydrogen) atoms. The second-order valence-corrected chi connectivity index (χ2v) is 8.63. The van der Waals surface area contributed by atoms with E-state index >= 15 is 0 Å². The summed E-state index contributed by atoms with van der Waals surface area (Å²) in [6.07, 6.45) is 2.40. The van der Waals surface area contributed by atoms with E-state index in [1.54, 1.807) is 13.8 Å². The summed E-state index contributed by atoms with van der Waals surface area (Å²) in [5.41, 5.74) is 3.26. The number of hydrogen-bond acceptors (Lipinski definition) is 8. The van der Waals surface area contributed by atoms with Gasteiger partial charge in [-0.1, -0.05) is 17.7 Å². The van der Waals surface area contributed by atoms with Gasteiger partial charge < -0.3 is 19.4 Å². The molecule has 1 N–H and O–H groups in total. The fourth-order valence-electron chi connectivity index (χ4n) is 4.27. The van der Waals surface area contributed by atoms with Gasteiger partial charge in [-0.05, 0) is 51.4 Å². The Hall–Kier alpha value is -2.84. The molecule has 1 saturated heterocycles. The van der Waals surface area contributed by atoms with Crippen molar-refractivity contribution in [2.45, 2.75) is 27.2 Å². The van der Waals surface area contributed by atoms with Crippen molar-refractivity contribution >= 4 is 40.2 Å². The monoisotopic (exact) mass is 471 g/mol. The zero-order valence-corrected chi connectivity index (χ0v) is 20.1. The molecule has 0 bridgehead atoms. The van der Waals surface area contributed by atoms with Gasteiger partial charge in [0.25, 0.3) is 0 Å². The maximum absolute atomic E-state index is 12.4. The summed E-state index contributed by atoms with van der Waals surface area (Å²) in [4.78, 5) is 25.8. The number of carbonyl (C=O) groups is 1. The van der Waals surface area contributed by atoms with Crippen LogP contribution < -0.4 is 10.2 Å². The highest BCUT2D eigenvalue weighted by molar-refractivity contribution is 6.30. The molecular weight excluding hydrogens is 442 g/mol. The number of carbonyl (C=O) groups excluding carboxylic acids is 1. The molecule has 8 nitrogen and oxygen atoms in total. The number of piperazine rings is 1. The van der Waals surface area contributed by atoms with Gasteiger partial charge in [0.15, 0.2) is 0 Å². The number of esters is 1. The van der Waals surface area contributed by atoms with E-state index in [9.17, 15) is 4.79 Å². The van der Waals surface area contributed by atoms with E-state index in [4.69, 9.17) is 20.8 Å². The molecular formula is C24H30ClN5O3. The summed E-state index contributed by atoms with van der Waals surface area (Å²) in [7, 11) is 0. The molecule has 1 aromatic carbocycles. The van der Waals surface area contributed by atoms with Gasteiger partial charge in [0.05, 0.1) is 12.0 Å². The SMILES string of the molecule is CCOC(=O)c1c(C)oc2ncnc(NCCCN3CCN(c4cc(Cl)ccc4C)CC3)c12. The lowest BCUT2D eigenvalue weighted by atomic mass is 10.1. The number of fused-ring (bicyclic) bond motifs is 1. The van der Waals surface area contributed by atoms with Crippen LogP contribution in [0, 0.1) is 13.8 Å². The maximum atomic E-state index is 12.4. The highest BCUT2D eigenvalue weighted by Crippen LogP contribution is 2.30. The zero-order chi connectivity index (χ0) is 23.4. The first-order valence-electron chi connectivity index (χ1n) is 11.4. The Morgan fingerprint density at radius 2 is 2.00 bits per heavy atom. The third kappa shape index (κ3) is 5.23. The molecule has 0 atom stereocenters. The van der Waals surface area contributed by atoms with Gasteiger partial charge in [0, 0.05) is 43.4 Å². The van der Waals surface area contributed by atoms with Crippen LogP contribution in [0.3, 0.4) is 0 Å². The van der Waals surface area contributed by atoms with Crippen LogP contribution in [0.25, 0.3) is 11.1 Å². The van der Waals surface area contributed by atoms with Gasteiger partial charge in [-0.3, -0.25) is 4.90 Å². The van der Waals surface area contributed by atoms with E-state index in [1.807, 2.05) is 6.07 Å². The second-order valence-electron chi connectivity index (χ2n) is 8.20. The fraction of sp³-hybridized carbons (Fsp3) is 0.458. The number of aromatic nitrogens is 2. The Labute approximate surface area is 198 Å². The third-order valence-electron chi connectivity index (χ3n) is 5.97. The average molecular weight is 472 g/mol. The van der Waals surface area contributed by atoms with E-state index < -0.39 is 5.97 Å². The third-order valence-corrected chi connectivity index (χ3v) is 6.21. The van der Waals surface area contributed by atoms with E-state index in [-0.39, 0.29) is 0 Å². The van der Waals surface area contributed by atoms with Crippen molar-refractivity contribution in [1.82, 2.24) is 14.9 Å². The molecule has 2 aromatic heterocycles. The highest BCUT2D eigenvalue weighted by atomic mass is 35.5. The number of furan rings is 1. The molecule has 3 heterocycles. The minimum Gasteiger partial charge on any atom is -0.462 e. The summed E-state index contributed by atoms with van der Waals surface area (Å²) in [6.45, 7) is 11.6.